The molecular formula is C19H18ClF3N2O3S. The summed E-state index contributed by atoms with van der Waals surface area (Å²) in [6.45, 7) is -2.62. The van der Waals surface area contributed by atoms with Crippen LogP contribution in [0.3, 0.4) is 0 Å². The van der Waals surface area contributed by atoms with E-state index in [4.69, 9.17) is 11.6 Å². The molecule has 0 bridgehead atoms. The number of alkyl halides is 3. The molecule has 2 rings (SSSR count). The van der Waals surface area contributed by atoms with Crippen LogP contribution >= 0.6 is 11.6 Å². The number of sulfonamides is 1. The Morgan fingerprint density at radius 2 is 1.69 bits per heavy atom. The lowest BCUT2D eigenvalue weighted by atomic mass is 10.2. The lowest BCUT2D eigenvalue weighted by molar-refractivity contribution is -0.138. The number of nitrogens with one attached hydrogen (secondary N) is 1. The topological polar surface area (TPSA) is 66.5 Å². The van der Waals surface area contributed by atoms with Crippen molar-refractivity contribution in [2.24, 2.45) is 0 Å². The third kappa shape index (κ3) is 7.88. The quantitative estimate of drug-likeness (QED) is 0.670. The molecule has 0 radical (unpaired) electrons. The summed E-state index contributed by atoms with van der Waals surface area (Å²) < 4.78 is 63.2. The second kappa shape index (κ2) is 9.91. The summed E-state index contributed by atoms with van der Waals surface area (Å²) >= 11 is 6.06. The zero-order valence-electron chi connectivity index (χ0n) is 15.1. The molecule has 0 saturated heterocycles. The minimum Gasteiger partial charge on any atom is -0.346 e. The second-order valence-electron chi connectivity index (χ2n) is 6.01. The van der Waals surface area contributed by atoms with Gasteiger partial charge < -0.3 is 5.32 Å². The van der Waals surface area contributed by atoms with E-state index in [0.717, 1.165) is 9.71 Å². The van der Waals surface area contributed by atoms with Crippen molar-refractivity contribution < 1.29 is 26.4 Å². The molecule has 0 aliphatic carbocycles. The van der Waals surface area contributed by atoms with Crippen LogP contribution in [-0.4, -0.2) is 37.9 Å². The molecule has 0 saturated carbocycles. The first-order valence-corrected chi connectivity index (χ1v) is 10.2. The fourth-order valence-corrected chi connectivity index (χ4v) is 3.60. The van der Waals surface area contributed by atoms with Crippen LogP contribution in [0.15, 0.2) is 60.0 Å². The van der Waals surface area contributed by atoms with Crippen LogP contribution in [0.2, 0.25) is 5.02 Å². The van der Waals surface area contributed by atoms with Crippen molar-refractivity contribution in [3.05, 3.63) is 76.2 Å². The molecule has 5 nitrogen and oxygen atoms in total. The van der Waals surface area contributed by atoms with Crippen LogP contribution in [0.25, 0.3) is 6.08 Å². The van der Waals surface area contributed by atoms with E-state index in [9.17, 15) is 26.4 Å². The summed E-state index contributed by atoms with van der Waals surface area (Å²) in [5.41, 5.74) is 1.02. The van der Waals surface area contributed by atoms with Crippen molar-refractivity contribution in [3.63, 3.8) is 0 Å². The van der Waals surface area contributed by atoms with E-state index in [1.807, 2.05) is 0 Å². The molecule has 0 atom stereocenters. The van der Waals surface area contributed by atoms with Crippen molar-refractivity contribution in [2.75, 3.05) is 13.1 Å². The number of hydrogen-bond donors (Lipinski definition) is 1. The van der Waals surface area contributed by atoms with E-state index >= 15 is 0 Å². The Labute approximate surface area is 171 Å². The highest BCUT2D eigenvalue weighted by molar-refractivity contribution is 7.92. The number of amides is 1. The molecule has 0 unspecified atom stereocenters. The lowest BCUT2D eigenvalue weighted by Crippen LogP contribution is -2.42. The highest BCUT2D eigenvalue weighted by Gasteiger charge is 2.29. The van der Waals surface area contributed by atoms with Crippen LogP contribution < -0.4 is 5.32 Å². The van der Waals surface area contributed by atoms with Gasteiger partial charge in [0.2, 0.25) is 15.9 Å². The number of rotatable bonds is 8. The fourth-order valence-electron chi connectivity index (χ4n) is 2.28. The van der Waals surface area contributed by atoms with Crippen molar-refractivity contribution in [1.82, 2.24) is 9.62 Å². The maximum absolute atomic E-state index is 12.8. The Balaban J connectivity index is 2.24. The molecule has 156 valence electrons. The van der Waals surface area contributed by atoms with Crippen LogP contribution in [0, 0.1) is 0 Å². The number of benzene rings is 2. The van der Waals surface area contributed by atoms with Crippen molar-refractivity contribution in [1.29, 1.82) is 0 Å². The Bertz CT molecular complexity index is 964. The summed E-state index contributed by atoms with van der Waals surface area (Å²) in [5, 5.41) is 2.84. The summed E-state index contributed by atoms with van der Waals surface area (Å²) in [7, 11) is -4.13. The largest absolute Gasteiger partial charge is 0.405 e. The molecule has 10 heteroatoms. The molecular weight excluding hydrogens is 429 g/mol. The van der Waals surface area contributed by atoms with Crippen LogP contribution in [0.1, 0.15) is 11.1 Å². The molecule has 0 aliphatic rings. The van der Waals surface area contributed by atoms with Crippen LogP contribution in [-0.2, 0) is 21.4 Å². The molecule has 0 spiro atoms. The summed E-state index contributed by atoms with van der Waals surface area (Å²) in [6.07, 6.45) is -3.27. The second-order valence-corrected chi connectivity index (χ2v) is 8.24. The van der Waals surface area contributed by atoms with Crippen molar-refractivity contribution >= 4 is 33.6 Å². The summed E-state index contributed by atoms with van der Waals surface area (Å²) in [4.78, 5) is 11.9. The van der Waals surface area contributed by atoms with Gasteiger partial charge in [0, 0.05) is 17.0 Å². The van der Waals surface area contributed by atoms with Gasteiger partial charge in [-0.2, -0.15) is 17.5 Å². The van der Waals surface area contributed by atoms with Crippen molar-refractivity contribution in [3.8, 4) is 0 Å². The van der Waals surface area contributed by atoms with E-state index in [0.29, 0.717) is 11.1 Å². The van der Waals surface area contributed by atoms with Gasteiger partial charge in [0.05, 0.1) is 6.54 Å². The van der Waals surface area contributed by atoms with Gasteiger partial charge >= 0.3 is 6.18 Å². The molecule has 0 aromatic heterocycles. The molecule has 2 aromatic rings. The van der Waals surface area contributed by atoms with Gasteiger partial charge in [0.25, 0.3) is 0 Å². The Morgan fingerprint density at radius 1 is 1.07 bits per heavy atom. The number of halogens is 4. The molecule has 0 aliphatic heterocycles. The summed E-state index contributed by atoms with van der Waals surface area (Å²) in [6, 6.07) is 15.0. The van der Waals surface area contributed by atoms with E-state index < -0.39 is 35.2 Å². The summed E-state index contributed by atoms with van der Waals surface area (Å²) in [5.74, 6) is -1.08. The van der Waals surface area contributed by atoms with Crippen molar-refractivity contribution in [2.45, 2.75) is 12.7 Å². The van der Waals surface area contributed by atoms with Crippen LogP contribution in [0.5, 0.6) is 0 Å². The minimum absolute atomic E-state index is 0.274. The first kappa shape index (κ1) is 22.9. The highest BCUT2D eigenvalue weighted by Crippen LogP contribution is 2.20. The van der Waals surface area contributed by atoms with Gasteiger partial charge in [-0.25, -0.2) is 8.42 Å². The fraction of sp³-hybridized carbons (Fsp3) is 0.211. The lowest BCUT2D eigenvalue weighted by Gasteiger charge is -2.21. The third-order valence-corrected chi connectivity index (χ3v) is 5.53. The van der Waals surface area contributed by atoms with Gasteiger partial charge in [0.15, 0.2) is 0 Å². The Morgan fingerprint density at radius 3 is 2.31 bits per heavy atom. The maximum atomic E-state index is 12.8. The molecule has 29 heavy (non-hydrogen) atoms. The van der Waals surface area contributed by atoms with Gasteiger partial charge in [-0.05, 0) is 23.3 Å². The van der Waals surface area contributed by atoms with Crippen LogP contribution in [0.4, 0.5) is 13.2 Å². The number of hydrogen-bond acceptors (Lipinski definition) is 3. The molecule has 1 amide bonds. The predicted octanol–water partition coefficient (Wildman–Crippen LogP) is 3.82. The minimum atomic E-state index is -4.60. The normalized spacial score (nSPS) is 12.4. The molecule has 0 heterocycles. The highest BCUT2D eigenvalue weighted by atomic mass is 35.5. The van der Waals surface area contributed by atoms with E-state index in [1.54, 1.807) is 59.9 Å². The SMILES string of the molecule is O=C(CN(Cc1ccccc1Cl)S(=O)(=O)C=Cc1ccccc1)NCC(F)(F)F. The maximum Gasteiger partial charge on any atom is 0.405 e. The smallest absolute Gasteiger partial charge is 0.346 e. The monoisotopic (exact) mass is 446 g/mol. The Hall–Kier alpha value is -2.36. The predicted molar refractivity (Wildman–Crippen MR) is 105 cm³/mol. The third-order valence-electron chi connectivity index (χ3n) is 3.70. The number of carbonyl (C=O) groups is 1. The van der Waals surface area contributed by atoms with E-state index in [1.165, 1.54) is 6.08 Å². The van der Waals surface area contributed by atoms with Gasteiger partial charge in [-0.3, -0.25) is 4.79 Å². The van der Waals surface area contributed by atoms with Gasteiger partial charge in [0.1, 0.15) is 6.54 Å². The molecule has 2 aromatic carbocycles. The van der Waals surface area contributed by atoms with E-state index in [-0.39, 0.29) is 11.6 Å². The zero-order valence-corrected chi connectivity index (χ0v) is 16.6. The Kier molecular flexibility index (Phi) is 7.83. The zero-order chi connectivity index (χ0) is 21.5. The average Bonchev–Trinajstić information content (AvgIpc) is 2.66. The van der Waals surface area contributed by atoms with E-state index in [2.05, 4.69) is 0 Å². The number of carbonyl (C=O) groups excluding carboxylic acids is 1. The number of nitrogens with zero attached hydrogens (tertiary/aromatic N) is 1. The molecule has 1 N–H and O–H groups in total. The first-order chi connectivity index (χ1) is 13.6. The molecule has 0 fully saturated rings. The standard InChI is InChI=1S/C19H18ClF3N2O3S/c20-17-9-5-4-8-16(17)12-25(13-18(26)24-14-19(21,22)23)29(27,28)11-10-15-6-2-1-3-7-15/h1-11H,12-14H2,(H,24,26). The van der Waals surface area contributed by atoms with Gasteiger partial charge in [-0.15, -0.1) is 0 Å². The first-order valence-electron chi connectivity index (χ1n) is 8.37. The van der Waals surface area contributed by atoms with Gasteiger partial charge in [-0.1, -0.05) is 60.1 Å². The average molecular weight is 447 g/mol.